The molecule has 1 saturated carbocycles. The summed E-state index contributed by atoms with van der Waals surface area (Å²) >= 11 is 0. The van der Waals surface area contributed by atoms with Gasteiger partial charge in [-0.3, -0.25) is 0 Å². The van der Waals surface area contributed by atoms with Crippen molar-refractivity contribution in [1.29, 1.82) is 0 Å². The van der Waals surface area contributed by atoms with Gasteiger partial charge in [0.2, 0.25) is 0 Å². The molecule has 1 fully saturated rings. The van der Waals surface area contributed by atoms with Crippen LogP contribution in [0.4, 0.5) is 0 Å². The Kier molecular flexibility index (Phi) is 3.87. The van der Waals surface area contributed by atoms with Gasteiger partial charge in [-0.1, -0.05) is 20.8 Å². The molecule has 2 rings (SSSR count). The van der Waals surface area contributed by atoms with E-state index in [9.17, 15) is 0 Å². The second-order valence-electron chi connectivity index (χ2n) is 5.22. The first kappa shape index (κ1) is 12.6. The zero-order chi connectivity index (χ0) is 12.3. The summed E-state index contributed by atoms with van der Waals surface area (Å²) in [6, 6.07) is 0.730. The van der Waals surface area contributed by atoms with Crippen molar-refractivity contribution in [2.24, 2.45) is 0 Å². The first-order valence-corrected chi connectivity index (χ1v) is 7.00. The topological polar surface area (TPSA) is 29.9 Å². The lowest BCUT2D eigenvalue weighted by atomic mass is 9.90. The Hall–Kier alpha value is -0.830. The molecule has 0 spiro atoms. The van der Waals surface area contributed by atoms with Crippen LogP contribution in [0, 0.1) is 0 Å². The number of hydrogen-bond acceptors (Lipinski definition) is 2. The van der Waals surface area contributed by atoms with Gasteiger partial charge in [-0.25, -0.2) is 4.98 Å². The van der Waals surface area contributed by atoms with E-state index in [1.54, 1.807) is 0 Å². The number of imidazole rings is 1. The van der Waals surface area contributed by atoms with Crippen molar-refractivity contribution >= 4 is 0 Å². The van der Waals surface area contributed by atoms with E-state index < -0.39 is 0 Å². The second kappa shape index (κ2) is 5.21. The summed E-state index contributed by atoms with van der Waals surface area (Å²) in [5, 5.41) is 3.75. The van der Waals surface area contributed by atoms with Gasteiger partial charge in [0, 0.05) is 24.3 Å². The van der Waals surface area contributed by atoms with Crippen LogP contribution in [0.1, 0.15) is 64.6 Å². The highest BCUT2D eigenvalue weighted by Crippen LogP contribution is 2.35. The molecule has 0 radical (unpaired) electrons. The first-order valence-electron chi connectivity index (χ1n) is 7.00. The summed E-state index contributed by atoms with van der Waals surface area (Å²) in [6.07, 6.45) is 10.2. The summed E-state index contributed by atoms with van der Waals surface area (Å²) in [6.45, 7) is 7.78. The van der Waals surface area contributed by atoms with Gasteiger partial charge in [0.25, 0.3) is 0 Å². The molecule has 0 amide bonds. The minimum Gasteiger partial charge on any atom is -0.330 e. The van der Waals surface area contributed by atoms with Crippen molar-refractivity contribution in [1.82, 2.24) is 14.9 Å². The van der Waals surface area contributed by atoms with Gasteiger partial charge in [0.05, 0.1) is 12.0 Å². The molecule has 0 saturated heterocycles. The predicted octanol–water partition coefficient (Wildman–Crippen LogP) is 3.28. The molecule has 0 bridgehead atoms. The maximum absolute atomic E-state index is 4.28. The molecule has 3 heteroatoms. The van der Waals surface area contributed by atoms with Crippen LogP contribution in [0.25, 0.3) is 0 Å². The van der Waals surface area contributed by atoms with Crippen molar-refractivity contribution in [3.05, 3.63) is 18.2 Å². The van der Waals surface area contributed by atoms with Crippen molar-refractivity contribution in [2.45, 2.75) is 71.0 Å². The lowest BCUT2D eigenvalue weighted by Gasteiger charge is -2.32. The maximum Gasteiger partial charge on any atom is 0.0951 e. The number of nitrogens with zero attached hydrogens (tertiary/aromatic N) is 2. The van der Waals surface area contributed by atoms with Crippen LogP contribution in [0.2, 0.25) is 0 Å². The summed E-state index contributed by atoms with van der Waals surface area (Å²) in [4.78, 5) is 4.28. The first-order chi connectivity index (χ1) is 8.24. The summed E-state index contributed by atoms with van der Waals surface area (Å²) in [7, 11) is 0. The van der Waals surface area contributed by atoms with Gasteiger partial charge in [-0.05, 0) is 32.1 Å². The van der Waals surface area contributed by atoms with Crippen molar-refractivity contribution < 1.29 is 0 Å². The van der Waals surface area contributed by atoms with Crippen LogP contribution in [0.15, 0.2) is 12.5 Å². The molecule has 0 atom stereocenters. The van der Waals surface area contributed by atoms with Crippen molar-refractivity contribution in [3.63, 3.8) is 0 Å². The quantitative estimate of drug-likeness (QED) is 0.786. The number of nitrogens with one attached hydrogen (secondary N) is 1. The third-order valence-electron chi connectivity index (χ3n) is 4.36. The number of aromatic nitrogens is 2. The van der Waals surface area contributed by atoms with E-state index >= 15 is 0 Å². The SMILES string of the molecule is CCC(CC)(CC)NCc1cncn1C1CC1. The molecule has 96 valence electrons. The molecule has 1 aliphatic rings. The van der Waals surface area contributed by atoms with Gasteiger partial charge in [-0.15, -0.1) is 0 Å². The Balaban J connectivity index is 1.98. The van der Waals surface area contributed by atoms with Crippen LogP contribution < -0.4 is 5.32 Å². The Morgan fingerprint density at radius 1 is 1.29 bits per heavy atom. The molecule has 3 nitrogen and oxygen atoms in total. The molecule has 0 aromatic carbocycles. The minimum atomic E-state index is 0.304. The van der Waals surface area contributed by atoms with Gasteiger partial charge in [-0.2, -0.15) is 0 Å². The predicted molar refractivity (Wildman–Crippen MR) is 70.9 cm³/mol. The zero-order valence-corrected chi connectivity index (χ0v) is 11.4. The third-order valence-corrected chi connectivity index (χ3v) is 4.36. The largest absolute Gasteiger partial charge is 0.330 e. The van der Waals surface area contributed by atoms with Crippen LogP contribution >= 0.6 is 0 Å². The van der Waals surface area contributed by atoms with Gasteiger partial charge in [0.1, 0.15) is 0 Å². The third kappa shape index (κ3) is 2.71. The fourth-order valence-electron chi connectivity index (χ4n) is 2.55. The van der Waals surface area contributed by atoms with Crippen LogP contribution in [-0.2, 0) is 6.54 Å². The highest BCUT2D eigenvalue weighted by atomic mass is 15.1. The highest BCUT2D eigenvalue weighted by Gasteiger charge is 2.27. The van der Waals surface area contributed by atoms with E-state index in [2.05, 4.69) is 35.6 Å². The smallest absolute Gasteiger partial charge is 0.0951 e. The van der Waals surface area contributed by atoms with Crippen LogP contribution in [0.5, 0.6) is 0 Å². The Labute approximate surface area is 105 Å². The molecular formula is C14H25N3. The lowest BCUT2D eigenvalue weighted by Crippen LogP contribution is -2.43. The van der Waals surface area contributed by atoms with E-state index in [0.29, 0.717) is 5.54 Å². The summed E-state index contributed by atoms with van der Waals surface area (Å²) in [5.41, 5.74) is 1.64. The van der Waals surface area contributed by atoms with Gasteiger partial charge < -0.3 is 9.88 Å². The molecular weight excluding hydrogens is 210 g/mol. The van der Waals surface area contributed by atoms with E-state index in [1.165, 1.54) is 37.8 Å². The average Bonchev–Trinajstić information content (AvgIpc) is 3.11. The molecule has 0 unspecified atom stereocenters. The molecule has 0 aliphatic heterocycles. The average molecular weight is 235 g/mol. The molecule has 1 N–H and O–H groups in total. The Bertz CT molecular complexity index is 340. The number of hydrogen-bond donors (Lipinski definition) is 1. The van der Waals surface area contributed by atoms with Crippen molar-refractivity contribution in [3.8, 4) is 0 Å². The normalized spacial score (nSPS) is 16.4. The van der Waals surface area contributed by atoms with Gasteiger partial charge in [0.15, 0.2) is 0 Å². The van der Waals surface area contributed by atoms with Crippen LogP contribution in [0.3, 0.4) is 0 Å². The van der Waals surface area contributed by atoms with E-state index in [1.807, 2.05) is 12.5 Å². The second-order valence-corrected chi connectivity index (χ2v) is 5.22. The fourth-order valence-corrected chi connectivity index (χ4v) is 2.55. The maximum atomic E-state index is 4.28. The summed E-state index contributed by atoms with van der Waals surface area (Å²) < 4.78 is 2.35. The molecule has 1 aromatic rings. The lowest BCUT2D eigenvalue weighted by molar-refractivity contribution is 0.285. The van der Waals surface area contributed by atoms with Crippen molar-refractivity contribution in [2.75, 3.05) is 0 Å². The van der Waals surface area contributed by atoms with Crippen LogP contribution in [-0.4, -0.2) is 15.1 Å². The molecule has 17 heavy (non-hydrogen) atoms. The Morgan fingerprint density at radius 3 is 2.47 bits per heavy atom. The molecule has 1 heterocycles. The minimum absolute atomic E-state index is 0.304. The van der Waals surface area contributed by atoms with Gasteiger partial charge >= 0.3 is 0 Å². The standard InChI is InChI=1S/C14H25N3/c1-4-14(5-2,6-3)16-10-13-9-15-11-17(13)12-7-8-12/h9,11-12,16H,4-8,10H2,1-3H3. The molecule has 1 aromatic heterocycles. The Morgan fingerprint density at radius 2 is 1.94 bits per heavy atom. The highest BCUT2D eigenvalue weighted by molar-refractivity contribution is 5.04. The van der Waals surface area contributed by atoms with E-state index in [-0.39, 0.29) is 0 Å². The fraction of sp³-hybridized carbons (Fsp3) is 0.786. The molecule has 1 aliphatic carbocycles. The monoisotopic (exact) mass is 235 g/mol. The summed E-state index contributed by atoms with van der Waals surface area (Å²) in [5.74, 6) is 0. The van der Waals surface area contributed by atoms with E-state index in [4.69, 9.17) is 0 Å². The van der Waals surface area contributed by atoms with E-state index in [0.717, 1.165) is 12.6 Å². The zero-order valence-electron chi connectivity index (χ0n) is 11.4. The number of rotatable bonds is 7.